The molecule has 0 spiro atoms. The van der Waals surface area contributed by atoms with Gasteiger partial charge in [0.2, 0.25) is 11.8 Å². The first-order valence-corrected chi connectivity index (χ1v) is 32.2. The predicted octanol–water partition coefficient (Wildman–Crippen LogP) is 9.29. The number of aromatic nitrogens is 7. The molecule has 3 aromatic carbocycles. The van der Waals surface area contributed by atoms with Crippen LogP contribution < -0.4 is 44.9 Å². The van der Waals surface area contributed by atoms with Crippen molar-refractivity contribution in [1.82, 2.24) is 45.5 Å². The number of hydrogen-bond donors (Lipinski definition) is 3. The van der Waals surface area contributed by atoms with E-state index >= 15 is 0 Å². The molecule has 3 N–H and O–H groups in total. The molecule has 3 aliphatic heterocycles. The molecule has 89 heavy (non-hydrogen) atoms. The fourth-order valence-corrected chi connectivity index (χ4v) is 12.5. The topological polar surface area (TPSA) is 249 Å². The number of morpholine rings is 3. The highest BCUT2D eigenvalue weighted by atomic mass is 16.5. The van der Waals surface area contributed by atoms with Crippen LogP contribution in [0.25, 0.3) is 33.1 Å². The van der Waals surface area contributed by atoms with Gasteiger partial charge in [-0.25, -0.2) is 19.9 Å². The third-order valence-corrected chi connectivity index (χ3v) is 17.4. The number of nitriles is 1. The molecule has 22 heteroatoms. The molecule has 0 radical (unpaired) electrons. The minimum absolute atomic E-state index is 0.129. The van der Waals surface area contributed by atoms with Gasteiger partial charge in [0, 0.05) is 149 Å². The summed E-state index contributed by atoms with van der Waals surface area (Å²) in [6.07, 6.45) is 25.8. The molecule has 6 aliphatic rings. The smallest absolute Gasteiger partial charge is 0.220 e. The maximum atomic E-state index is 11.8. The molecule has 3 aliphatic carbocycles. The van der Waals surface area contributed by atoms with Crippen LogP contribution in [0.3, 0.4) is 0 Å². The Morgan fingerprint density at radius 2 is 0.854 bits per heavy atom. The lowest BCUT2D eigenvalue weighted by atomic mass is 9.92. The van der Waals surface area contributed by atoms with Crippen LogP contribution in [0, 0.1) is 11.3 Å². The molecule has 13 rings (SSSR count). The minimum atomic E-state index is 0.129. The molecule has 470 valence electrons. The number of rotatable bonds is 16. The Bertz CT molecular complexity index is 3480. The Hall–Kier alpha value is -8.26. The third-order valence-electron chi connectivity index (χ3n) is 17.4. The van der Waals surface area contributed by atoms with Crippen LogP contribution >= 0.6 is 0 Å². The van der Waals surface area contributed by atoms with E-state index in [2.05, 4.69) is 108 Å². The van der Waals surface area contributed by atoms with Crippen molar-refractivity contribution in [2.45, 2.75) is 147 Å². The number of hydrogen-bond acceptors (Lipinski definition) is 20. The van der Waals surface area contributed by atoms with Gasteiger partial charge in [0.25, 0.3) is 0 Å². The normalized spacial score (nSPS) is 22.1. The minimum Gasteiger partial charge on any atom is -0.488 e. The van der Waals surface area contributed by atoms with E-state index in [1.807, 2.05) is 13.8 Å². The van der Waals surface area contributed by atoms with Crippen molar-refractivity contribution in [3.63, 3.8) is 0 Å². The summed E-state index contributed by atoms with van der Waals surface area (Å²) in [5.74, 6) is 3.45. The fraction of sp³-hybridized carbons (Fsp3) is 0.522. The van der Waals surface area contributed by atoms with E-state index in [9.17, 15) is 9.59 Å². The summed E-state index contributed by atoms with van der Waals surface area (Å²) in [5, 5.41) is 18.8. The molecular formula is C67H84N14O8. The van der Waals surface area contributed by atoms with Crippen molar-refractivity contribution in [3.8, 4) is 23.3 Å². The first-order valence-electron chi connectivity index (χ1n) is 32.2. The third kappa shape index (κ3) is 17.1. The monoisotopic (exact) mass is 1210 g/mol. The number of anilines is 4. The number of ether oxygens (including phenoxy) is 6. The van der Waals surface area contributed by atoms with Gasteiger partial charge in [-0.3, -0.25) is 24.5 Å². The number of pyridine rings is 1. The lowest BCUT2D eigenvalue weighted by Crippen LogP contribution is -2.39. The first kappa shape index (κ1) is 62.4. The zero-order chi connectivity index (χ0) is 61.2. The van der Waals surface area contributed by atoms with Crippen LogP contribution in [0.1, 0.15) is 116 Å². The van der Waals surface area contributed by atoms with Crippen LogP contribution in [0.15, 0.2) is 91.9 Å². The average Bonchev–Trinajstić information content (AvgIpc) is 3.75. The summed E-state index contributed by atoms with van der Waals surface area (Å²) in [6.45, 7) is 13.5. The molecule has 7 heterocycles. The largest absolute Gasteiger partial charge is 0.488 e. The second kappa shape index (κ2) is 31.3. The number of benzene rings is 3. The number of carbonyl (C=O) groups is 2. The van der Waals surface area contributed by atoms with Gasteiger partial charge in [0.15, 0.2) is 0 Å². The molecule has 3 saturated carbocycles. The number of nitrogens with one attached hydrogen (secondary N) is 3. The Balaban J connectivity index is 0.000000138. The fourth-order valence-electron chi connectivity index (χ4n) is 12.5. The quantitative estimate of drug-likeness (QED) is 0.0815. The molecule has 2 amide bonds. The Kier molecular flexibility index (Phi) is 21.9. The van der Waals surface area contributed by atoms with Crippen LogP contribution in [0.4, 0.5) is 22.9 Å². The number of amides is 2. The van der Waals surface area contributed by atoms with Crippen molar-refractivity contribution in [3.05, 3.63) is 97.5 Å². The highest BCUT2D eigenvalue weighted by Crippen LogP contribution is 2.37. The number of carbonyl (C=O) groups excluding carboxylic acids is 2. The molecule has 0 atom stereocenters. The van der Waals surface area contributed by atoms with Gasteiger partial charge < -0.3 is 59.1 Å². The van der Waals surface area contributed by atoms with Gasteiger partial charge in [-0.2, -0.15) is 5.26 Å². The van der Waals surface area contributed by atoms with E-state index in [0.29, 0.717) is 24.4 Å². The number of fused-ring (bicyclic) bond motifs is 3. The van der Waals surface area contributed by atoms with Crippen molar-refractivity contribution in [1.29, 1.82) is 5.26 Å². The summed E-state index contributed by atoms with van der Waals surface area (Å²) in [4.78, 5) is 61.8. The van der Waals surface area contributed by atoms with Crippen LogP contribution in [-0.4, -0.2) is 162 Å². The molecule has 22 nitrogen and oxygen atoms in total. The van der Waals surface area contributed by atoms with E-state index < -0.39 is 0 Å². The van der Waals surface area contributed by atoms with Gasteiger partial charge in [0.05, 0.1) is 86.1 Å². The van der Waals surface area contributed by atoms with E-state index in [1.54, 1.807) is 55.5 Å². The Morgan fingerprint density at radius 1 is 0.483 bits per heavy atom. The highest BCUT2D eigenvalue weighted by molar-refractivity contribution is 5.87. The van der Waals surface area contributed by atoms with Gasteiger partial charge in [-0.05, 0) is 114 Å². The van der Waals surface area contributed by atoms with Crippen molar-refractivity contribution in [2.24, 2.45) is 0 Å². The van der Waals surface area contributed by atoms with Gasteiger partial charge in [-0.1, -0.05) is 13.8 Å². The lowest BCUT2D eigenvalue weighted by molar-refractivity contribution is -0.122. The van der Waals surface area contributed by atoms with E-state index in [4.69, 9.17) is 33.7 Å². The maximum Gasteiger partial charge on any atom is 0.220 e. The Morgan fingerprint density at radius 3 is 1.22 bits per heavy atom. The average molecular weight is 1210 g/mol. The SMILES string of the molecule is CCC(=O)NC1CCC(Oc2cc(N3CCOCC3)cc3nccnc23)CC1.CCCC(=O)NC1CCC(Oc2cc(N3CCOCC3)cc3nccnc23)CC1.N#Cc1ccnc(NC2CCC(Oc3cc(N4CCOCC4)cc4nccnc34)CC2)c1. The van der Waals surface area contributed by atoms with Gasteiger partial charge >= 0.3 is 0 Å². The van der Waals surface area contributed by atoms with E-state index in [0.717, 1.165) is 236 Å². The summed E-state index contributed by atoms with van der Waals surface area (Å²) in [5.41, 5.74) is 8.92. The molecule has 0 bridgehead atoms. The summed E-state index contributed by atoms with van der Waals surface area (Å²) < 4.78 is 35.8. The maximum absolute atomic E-state index is 11.8. The van der Waals surface area contributed by atoms with Crippen molar-refractivity contribution < 1.29 is 38.0 Å². The van der Waals surface area contributed by atoms with E-state index in [1.165, 1.54) is 0 Å². The summed E-state index contributed by atoms with van der Waals surface area (Å²) in [7, 11) is 0. The van der Waals surface area contributed by atoms with Gasteiger partial charge in [-0.15, -0.1) is 0 Å². The zero-order valence-electron chi connectivity index (χ0n) is 51.4. The molecule has 6 fully saturated rings. The second-order valence-electron chi connectivity index (χ2n) is 23.6. The molecule has 4 aromatic heterocycles. The number of nitrogens with zero attached hydrogens (tertiary/aromatic N) is 11. The Labute approximate surface area is 520 Å². The predicted molar refractivity (Wildman–Crippen MR) is 342 cm³/mol. The zero-order valence-corrected chi connectivity index (χ0v) is 51.4. The highest BCUT2D eigenvalue weighted by Gasteiger charge is 2.29. The summed E-state index contributed by atoms with van der Waals surface area (Å²) >= 11 is 0. The van der Waals surface area contributed by atoms with E-state index in [-0.39, 0.29) is 42.2 Å². The van der Waals surface area contributed by atoms with Crippen LogP contribution in [-0.2, 0) is 23.8 Å². The van der Waals surface area contributed by atoms with Crippen LogP contribution in [0.2, 0.25) is 0 Å². The molecular weight excluding hydrogens is 1130 g/mol. The summed E-state index contributed by atoms with van der Waals surface area (Å²) in [6, 6.07) is 19.1. The molecule has 0 unspecified atom stereocenters. The first-order chi connectivity index (χ1) is 43.7. The van der Waals surface area contributed by atoms with Crippen molar-refractivity contribution in [2.75, 3.05) is 98.9 Å². The lowest BCUT2D eigenvalue weighted by Gasteiger charge is -2.31. The standard InChI is InChI=1S/C24H26N6O2.C22H30N4O3.C21H28N4O3/c25-16-17-5-6-27-23(13-17)29-18-1-3-20(4-2-18)32-22-15-19(30-9-11-31-12-10-30)14-21-24(22)28-8-7-26-21;1-2-3-21(27)25-16-4-6-18(7-5-16)29-20-15-17(26-10-12-28-13-11-26)14-19-22(20)24-9-8-23-19;1-2-20(26)24-15-3-5-17(6-4-15)28-19-14-16(25-9-11-27-12-10-25)13-18-21(19)23-8-7-22-18/h5-8,13-15,18,20H,1-4,9-12H2,(H,27,29);8-9,14-16,18H,2-7,10-13H2,1H3,(H,25,27);7-8,13-15,17H,2-6,9-12H2,1H3,(H,24,26). The van der Waals surface area contributed by atoms with Crippen molar-refractivity contribution >= 4 is 67.8 Å². The second-order valence-corrected chi connectivity index (χ2v) is 23.6. The molecule has 3 saturated heterocycles. The van der Waals surface area contributed by atoms with Gasteiger partial charge in [0.1, 0.15) is 39.6 Å². The van der Waals surface area contributed by atoms with Crippen LogP contribution in [0.5, 0.6) is 17.2 Å². The molecule has 7 aromatic rings.